The summed E-state index contributed by atoms with van der Waals surface area (Å²) >= 11 is 0. The number of hydrogen-bond donors (Lipinski definition) is 2. The molecular formula is C15H23N3O2. The van der Waals surface area contributed by atoms with E-state index < -0.39 is 0 Å². The minimum atomic E-state index is -0.191. The standard InChI is InChI=1S/C15H23N3O2/c1-3-7-16-12-4-8-17-13(11-12)14(19)18-15(2)5-9-20-10-6-15/h4,8,11H,3,5-7,9-10H2,1-2H3,(H,16,17)(H,18,19). The highest BCUT2D eigenvalue weighted by Gasteiger charge is 2.29. The molecule has 1 aromatic rings. The lowest BCUT2D eigenvalue weighted by Crippen LogP contribution is -2.49. The normalized spacial score (nSPS) is 17.5. The topological polar surface area (TPSA) is 63.2 Å². The zero-order chi connectivity index (χ0) is 14.4. The Kier molecular flexibility index (Phi) is 4.95. The van der Waals surface area contributed by atoms with Crippen molar-refractivity contribution in [3.05, 3.63) is 24.0 Å². The molecule has 1 fully saturated rings. The number of rotatable bonds is 5. The van der Waals surface area contributed by atoms with Crippen LogP contribution >= 0.6 is 0 Å². The van der Waals surface area contributed by atoms with E-state index in [2.05, 4.69) is 29.5 Å². The summed E-state index contributed by atoms with van der Waals surface area (Å²) in [5, 5.41) is 6.35. The van der Waals surface area contributed by atoms with Crippen LogP contribution in [0.3, 0.4) is 0 Å². The number of pyridine rings is 1. The van der Waals surface area contributed by atoms with Gasteiger partial charge >= 0.3 is 0 Å². The van der Waals surface area contributed by atoms with Crippen molar-refractivity contribution < 1.29 is 9.53 Å². The third-order valence-electron chi connectivity index (χ3n) is 3.58. The molecule has 1 amide bonds. The lowest BCUT2D eigenvalue weighted by atomic mass is 9.92. The molecule has 0 spiro atoms. The number of carbonyl (C=O) groups excluding carboxylic acids is 1. The van der Waals surface area contributed by atoms with Crippen molar-refractivity contribution in [1.82, 2.24) is 10.3 Å². The Morgan fingerprint density at radius 2 is 2.20 bits per heavy atom. The first-order valence-electron chi connectivity index (χ1n) is 7.23. The van der Waals surface area contributed by atoms with Crippen LogP contribution in [0.1, 0.15) is 43.6 Å². The van der Waals surface area contributed by atoms with Crippen molar-refractivity contribution in [2.24, 2.45) is 0 Å². The first-order chi connectivity index (χ1) is 9.63. The second kappa shape index (κ2) is 6.70. The lowest BCUT2D eigenvalue weighted by Gasteiger charge is -2.34. The molecule has 5 nitrogen and oxygen atoms in total. The van der Waals surface area contributed by atoms with Crippen molar-refractivity contribution in [2.45, 2.75) is 38.6 Å². The first kappa shape index (κ1) is 14.8. The Hall–Kier alpha value is -1.62. The van der Waals surface area contributed by atoms with E-state index >= 15 is 0 Å². The van der Waals surface area contributed by atoms with Crippen molar-refractivity contribution in [3.8, 4) is 0 Å². The summed E-state index contributed by atoms with van der Waals surface area (Å²) in [5.74, 6) is -0.116. The fraction of sp³-hybridized carbons (Fsp3) is 0.600. The van der Waals surface area contributed by atoms with E-state index in [1.807, 2.05) is 6.07 Å². The summed E-state index contributed by atoms with van der Waals surface area (Å²) in [6.45, 7) is 6.45. The Morgan fingerprint density at radius 1 is 1.45 bits per heavy atom. The third kappa shape index (κ3) is 3.93. The molecule has 1 aliphatic heterocycles. The van der Waals surface area contributed by atoms with E-state index in [-0.39, 0.29) is 11.4 Å². The van der Waals surface area contributed by atoms with Crippen molar-refractivity contribution in [2.75, 3.05) is 25.1 Å². The van der Waals surface area contributed by atoms with Crippen LogP contribution in [-0.4, -0.2) is 36.2 Å². The summed E-state index contributed by atoms with van der Waals surface area (Å²) in [4.78, 5) is 16.5. The van der Waals surface area contributed by atoms with Gasteiger partial charge in [0.15, 0.2) is 0 Å². The van der Waals surface area contributed by atoms with E-state index in [0.717, 1.165) is 31.5 Å². The molecule has 0 bridgehead atoms. The number of nitrogens with one attached hydrogen (secondary N) is 2. The predicted molar refractivity (Wildman–Crippen MR) is 78.9 cm³/mol. The minimum absolute atomic E-state index is 0.116. The molecule has 1 aromatic heterocycles. The van der Waals surface area contributed by atoms with Gasteiger partial charge in [0, 0.05) is 37.2 Å². The summed E-state index contributed by atoms with van der Waals surface area (Å²) in [6.07, 6.45) is 4.39. The fourth-order valence-electron chi connectivity index (χ4n) is 2.22. The predicted octanol–water partition coefficient (Wildman–Crippen LogP) is 2.20. The Labute approximate surface area is 120 Å². The highest BCUT2D eigenvalue weighted by Crippen LogP contribution is 2.20. The zero-order valence-electron chi connectivity index (χ0n) is 12.2. The van der Waals surface area contributed by atoms with Crippen LogP contribution in [0.2, 0.25) is 0 Å². The Morgan fingerprint density at radius 3 is 2.90 bits per heavy atom. The van der Waals surface area contributed by atoms with Gasteiger partial charge in [-0.2, -0.15) is 0 Å². The molecule has 2 heterocycles. The van der Waals surface area contributed by atoms with Gasteiger partial charge in [0.1, 0.15) is 5.69 Å². The van der Waals surface area contributed by atoms with Gasteiger partial charge in [0.25, 0.3) is 5.91 Å². The van der Waals surface area contributed by atoms with Crippen molar-refractivity contribution >= 4 is 11.6 Å². The Bertz CT molecular complexity index is 456. The van der Waals surface area contributed by atoms with Crippen LogP contribution in [-0.2, 0) is 4.74 Å². The second-order valence-electron chi connectivity index (χ2n) is 5.48. The van der Waals surface area contributed by atoms with Crippen LogP contribution in [0.5, 0.6) is 0 Å². The molecule has 0 radical (unpaired) electrons. The maximum atomic E-state index is 12.3. The number of aromatic nitrogens is 1. The number of amides is 1. The quantitative estimate of drug-likeness (QED) is 0.866. The number of carbonyl (C=O) groups is 1. The van der Waals surface area contributed by atoms with Gasteiger partial charge in [0.2, 0.25) is 0 Å². The van der Waals surface area contributed by atoms with Crippen molar-refractivity contribution in [3.63, 3.8) is 0 Å². The van der Waals surface area contributed by atoms with Gasteiger partial charge < -0.3 is 15.4 Å². The maximum absolute atomic E-state index is 12.3. The summed E-state index contributed by atoms with van der Waals surface area (Å²) in [7, 11) is 0. The molecule has 110 valence electrons. The Balaban J connectivity index is 2.01. The molecule has 20 heavy (non-hydrogen) atoms. The smallest absolute Gasteiger partial charge is 0.270 e. The fourth-order valence-corrected chi connectivity index (χ4v) is 2.22. The molecule has 5 heteroatoms. The van der Waals surface area contributed by atoms with Crippen LogP contribution in [0.4, 0.5) is 5.69 Å². The first-order valence-corrected chi connectivity index (χ1v) is 7.23. The zero-order valence-corrected chi connectivity index (χ0v) is 12.2. The molecule has 0 saturated carbocycles. The SMILES string of the molecule is CCCNc1ccnc(C(=O)NC2(C)CCOCC2)c1. The van der Waals surface area contributed by atoms with Gasteiger partial charge in [0.05, 0.1) is 0 Å². The highest BCUT2D eigenvalue weighted by atomic mass is 16.5. The number of ether oxygens (including phenoxy) is 1. The molecular weight excluding hydrogens is 254 g/mol. The van der Waals surface area contributed by atoms with Gasteiger partial charge in [-0.05, 0) is 38.3 Å². The molecule has 1 aliphatic rings. The van der Waals surface area contributed by atoms with E-state index in [9.17, 15) is 4.79 Å². The van der Waals surface area contributed by atoms with Crippen LogP contribution in [0.15, 0.2) is 18.3 Å². The molecule has 0 aliphatic carbocycles. The highest BCUT2D eigenvalue weighted by molar-refractivity contribution is 5.93. The largest absolute Gasteiger partial charge is 0.385 e. The average Bonchev–Trinajstić information content (AvgIpc) is 2.45. The summed E-state index contributed by atoms with van der Waals surface area (Å²) in [5.41, 5.74) is 1.20. The average molecular weight is 277 g/mol. The van der Waals surface area contributed by atoms with Gasteiger partial charge in [-0.1, -0.05) is 6.92 Å². The third-order valence-corrected chi connectivity index (χ3v) is 3.58. The monoisotopic (exact) mass is 277 g/mol. The van der Waals surface area contributed by atoms with Gasteiger partial charge in [-0.15, -0.1) is 0 Å². The lowest BCUT2D eigenvalue weighted by molar-refractivity contribution is 0.0421. The molecule has 0 atom stereocenters. The van der Waals surface area contributed by atoms with Crippen molar-refractivity contribution in [1.29, 1.82) is 0 Å². The van der Waals surface area contributed by atoms with Gasteiger partial charge in [-0.3, -0.25) is 9.78 Å². The molecule has 2 rings (SSSR count). The van der Waals surface area contributed by atoms with E-state index in [0.29, 0.717) is 18.9 Å². The molecule has 0 unspecified atom stereocenters. The summed E-state index contributed by atoms with van der Waals surface area (Å²) in [6, 6.07) is 3.68. The molecule has 0 aromatic carbocycles. The van der Waals surface area contributed by atoms with Crippen LogP contribution in [0, 0.1) is 0 Å². The maximum Gasteiger partial charge on any atom is 0.270 e. The molecule has 2 N–H and O–H groups in total. The number of nitrogens with zero attached hydrogens (tertiary/aromatic N) is 1. The number of hydrogen-bond acceptors (Lipinski definition) is 4. The minimum Gasteiger partial charge on any atom is -0.385 e. The summed E-state index contributed by atoms with van der Waals surface area (Å²) < 4.78 is 5.34. The second-order valence-corrected chi connectivity index (χ2v) is 5.48. The van der Waals surface area contributed by atoms with Crippen LogP contribution in [0.25, 0.3) is 0 Å². The van der Waals surface area contributed by atoms with Gasteiger partial charge in [-0.25, -0.2) is 0 Å². The number of anilines is 1. The molecule has 1 saturated heterocycles. The van der Waals surface area contributed by atoms with Crippen LogP contribution < -0.4 is 10.6 Å². The van der Waals surface area contributed by atoms with E-state index in [4.69, 9.17) is 4.74 Å². The van der Waals surface area contributed by atoms with E-state index in [1.54, 1.807) is 12.3 Å². The van der Waals surface area contributed by atoms with E-state index in [1.165, 1.54) is 0 Å².